The first-order valence-electron chi connectivity index (χ1n) is 4.40. The van der Waals surface area contributed by atoms with Crippen LogP contribution in [0.2, 0.25) is 0 Å². The van der Waals surface area contributed by atoms with E-state index in [1.54, 1.807) is 0 Å². The highest BCUT2D eigenvalue weighted by molar-refractivity contribution is 7.71. The van der Waals surface area contributed by atoms with E-state index in [1.165, 1.54) is 0 Å². The molecular formula is C9H15N3OS. The number of carbonyl (C=O) groups is 1. The molecule has 1 aromatic rings. The van der Waals surface area contributed by atoms with Crippen LogP contribution in [0.5, 0.6) is 0 Å². The summed E-state index contributed by atoms with van der Waals surface area (Å²) in [4.78, 5) is 13.8. The lowest BCUT2D eigenvalue weighted by Crippen LogP contribution is -2.33. The van der Waals surface area contributed by atoms with Gasteiger partial charge in [-0.25, -0.2) is 0 Å². The molecule has 1 aromatic heterocycles. The molecule has 78 valence electrons. The molecule has 0 aliphatic carbocycles. The summed E-state index contributed by atoms with van der Waals surface area (Å²) in [6.07, 6.45) is 2.10. The molecule has 0 spiro atoms. The number of H-pyrrole nitrogens is 1. The molecule has 0 unspecified atom stereocenters. The number of imidazole rings is 1. The average molecular weight is 213 g/mol. The number of amides is 1. The van der Waals surface area contributed by atoms with E-state index in [0.29, 0.717) is 4.77 Å². The number of aromatic amines is 1. The van der Waals surface area contributed by atoms with Crippen molar-refractivity contribution in [2.24, 2.45) is 5.73 Å². The fourth-order valence-corrected chi connectivity index (χ4v) is 2.16. The molecule has 0 radical (unpaired) electrons. The Hall–Kier alpha value is -1.10. The van der Waals surface area contributed by atoms with E-state index in [0.717, 1.165) is 5.69 Å². The Bertz CT molecular complexity index is 402. The maximum atomic E-state index is 10.9. The molecule has 14 heavy (non-hydrogen) atoms. The third-order valence-corrected chi connectivity index (χ3v) is 2.47. The first-order chi connectivity index (χ1) is 6.34. The van der Waals surface area contributed by atoms with E-state index in [9.17, 15) is 4.79 Å². The molecule has 1 amide bonds. The van der Waals surface area contributed by atoms with Gasteiger partial charge in [-0.3, -0.25) is 4.79 Å². The van der Waals surface area contributed by atoms with Gasteiger partial charge in [0, 0.05) is 18.3 Å². The Kier molecular flexibility index (Phi) is 2.80. The summed E-state index contributed by atoms with van der Waals surface area (Å²) in [5.74, 6) is -0.322. The number of primary amides is 1. The summed E-state index contributed by atoms with van der Waals surface area (Å²) in [5, 5.41) is 0. The topological polar surface area (TPSA) is 63.8 Å². The molecule has 1 rings (SSSR count). The Balaban J connectivity index is 3.15. The molecule has 0 saturated carbocycles. The highest BCUT2D eigenvalue weighted by Gasteiger charge is 2.24. The van der Waals surface area contributed by atoms with Crippen molar-refractivity contribution in [1.82, 2.24) is 9.55 Å². The Morgan fingerprint density at radius 2 is 2.29 bits per heavy atom. The average Bonchev–Trinajstić information content (AvgIpc) is 2.27. The lowest BCUT2D eigenvalue weighted by atomic mass is 10.00. The van der Waals surface area contributed by atoms with Crippen molar-refractivity contribution in [1.29, 1.82) is 0 Å². The van der Waals surface area contributed by atoms with Gasteiger partial charge in [-0.2, -0.15) is 0 Å². The van der Waals surface area contributed by atoms with Crippen LogP contribution in [-0.2, 0) is 10.3 Å². The third kappa shape index (κ3) is 2.04. The van der Waals surface area contributed by atoms with Crippen molar-refractivity contribution in [3.63, 3.8) is 0 Å². The number of carbonyl (C=O) groups excluding carboxylic acids is 1. The van der Waals surface area contributed by atoms with E-state index < -0.39 is 0 Å². The second kappa shape index (κ2) is 3.57. The van der Waals surface area contributed by atoms with Crippen LogP contribution in [-0.4, -0.2) is 15.5 Å². The number of hydrogen-bond donors (Lipinski definition) is 2. The quantitative estimate of drug-likeness (QED) is 0.747. The van der Waals surface area contributed by atoms with Gasteiger partial charge in [0.25, 0.3) is 0 Å². The van der Waals surface area contributed by atoms with Crippen molar-refractivity contribution in [3.05, 3.63) is 16.7 Å². The molecular weight excluding hydrogens is 198 g/mol. The zero-order valence-electron chi connectivity index (χ0n) is 8.63. The molecule has 0 aromatic carbocycles. The maximum Gasteiger partial charge on any atom is 0.219 e. The van der Waals surface area contributed by atoms with Gasteiger partial charge in [-0.1, -0.05) is 0 Å². The number of aryl methyl sites for hydroxylation is 1. The fraction of sp³-hybridized carbons (Fsp3) is 0.556. The summed E-state index contributed by atoms with van der Waals surface area (Å²) in [5.41, 5.74) is 5.82. The maximum absolute atomic E-state index is 10.9. The first kappa shape index (κ1) is 11.0. The Morgan fingerprint density at radius 1 is 1.71 bits per heavy atom. The van der Waals surface area contributed by atoms with Crippen molar-refractivity contribution < 1.29 is 4.79 Å². The number of nitrogens with one attached hydrogen (secondary N) is 1. The van der Waals surface area contributed by atoms with Gasteiger partial charge in [0.15, 0.2) is 4.77 Å². The van der Waals surface area contributed by atoms with Crippen LogP contribution in [0.1, 0.15) is 26.0 Å². The molecule has 1 heterocycles. The lowest BCUT2D eigenvalue weighted by Gasteiger charge is -2.26. The highest BCUT2D eigenvalue weighted by atomic mass is 32.1. The number of aromatic nitrogens is 2. The van der Waals surface area contributed by atoms with E-state index >= 15 is 0 Å². The van der Waals surface area contributed by atoms with Gasteiger partial charge >= 0.3 is 0 Å². The number of rotatable bonds is 3. The minimum atomic E-state index is -0.368. The van der Waals surface area contributed by atoms with Crippen LogP contribution < -0.4 is 5.73 Å². The number of nitrogens with zero attached hydrogens (tertiary/aromatic N) is 1. The predicted molar refractivity (Wildman–Crippen MR) is 57.5 cm³/mol. The summed E-state index contributed by atoms with van der Waals surface area (Å²) in [6.45, 7) is 5.82. The molecule has 0 bridgehead atoms. The normalized spacial score (nSPS) is 11.6. The molecule has 5 heteroatoms. The van der Waals surface area contributed by atoms with Crippen LogP contribution >= 0.6 is 12.2 Å². The third-order valence-electron chi connectivity index (χ3n) is 2.17. The standard InChI is InChI=1S/C9H15N3OS/c1-6-5-11-8(14)12(6)9(2,3)4-7(10)13/h5H,4H2,1-3H3,(H2,10,13)(H,11,14). The number of hydrogen-bond acceptors (Lipinski definition) is 2. The van der Waals surface area contributed by atoms with Crippen molar-refractivity contribution in [2.45, 2.75) is 32.7 Å². The summed E-state index contributed by atoms with van der Waals surface area (Å²) in [6, 6.07) is 0. The van der Waals surface area contributed by atoms with Gasteiger partial charge in [-0.15, -0.1) is 0 Å². The summed E-state index contributed by atoms with van der Waals surface area (Å²) >= 11 is 5.13. The second-order valence-electron chi connectivity index (χ2n) is 4.03. The Morgan fingerprint density at radius 3 is 2.64 bits per heavy atom. The molecule has 0 atom stereocenters. The fourth-order valence-electron chi connectivity index (χ4n) is 1.71. The van der Waals surface area contributed by atoms with Crippen LogP contribution in [0, 0.1) is 11.7 Å². The first-order valence-corrected chi connectivity index (χ1v) is 4.81. The van der Waals surface area contributed by atoms with E-state index in [-0.39, 0.29) is 17.9 Å². The van der Waals surface area contributed by atoms with E-state index in [4.69, 9.17) is 18.0 Å². The zero-order chi connectivity index (χ0) is 10.9. The van der Waals surface area contributed by atoms with Crippen LogP contribution in [0.15, 0.2) is 6.20 Å². The van der Waals surface area contributed by atoms with Gasteiger partial charge in [0.2, 0.25) is 5.91 Å². The number of nitrogens with two attached hydrogens (primary N) is 1. The lowest BCUT2D eigenvalue weighted by molar-refractivity contribution is -0.119. The van der Waals surface area contributed by atoms with Crippen LogP contribution in [0.4, 0.5) is 0 Å². The SMILES string of the molecule is Cc1c[nH]c(=S)n1C(C)(C)CC(N)=O. The van der Waals surface area contributed by atoms with E-state index in [2.05, 4.69) is 4.98 Å². The monoisotopic (exact) mass is 213 g/mol. The Labute approximate surface area is 88.1 Å². The molecule has 4 nitrogen and oxygen atoms in total. The summed E-state index contributed by atoms with van der Waals surface area (Å²) < 4.78 is 2.53. The predicted octanol–water partition coefficient (Wildman–Crippen LogP) is 1.46. The zero-order valence-corrected chi connectivity index (χ0v) is 9.44. The molecule has 0 fully saturated rings. The second-order valence-corrected chi connectivity index (χ2v) is 4.41. The largest absolute Gasteiger partial charge is 0.370 e. The molecule has 0 saturated heterocycles. The van der Waals surface area contributed by atoms with Gasteiger partial charge in [0.1, 0.15) is 0 Å². The smallest absolute Gasteiger partial charge is 0.219 e. The van der Waals surface area contributed by atoms with Gasteiger partial charge in [-0.05, 0) is 33.0 Å². The van der Waals surface area contributed by atoms with Crippen molar-refractivity contribution >= 4 is 18.1 Å². The molecule has 0 aliphatic heterocycles. The van der Waals surface area contributed by atoms with Gasteiger partial charge in [0.05, 0.1) is 5.54 Å². The van der Waals surface area contributed by atoms with Crippen LogP contribution in [0.25, 0.3) is 0 Å². The summed E-state index contributed by atoms with van der Waals surface area (Å²) in [7, 11) is 0. The van der Waals surface area contributed by atoms with Crippen molar-refractivity contribution in [2.75, 3.05) is 0 Å². The molecule has 0 aliphatic rings. The van der Waals surface area contributed by atoms with E-state index in [1.807, 2.05) is 31.5 Å². The minimum absolute atomic E-state index is 0.278. The molecule has 3 N–H and O–H groups in total. The van der Waals surface area contributed by atoms with Gasteiger partial charge < -0.3 is 15.3 Å². The van der Waals surface area contributed by atoms with Crippen LogP contribution in [0.3, 0.4) is 0 Å². The van der Waals surface area contributed by atoms with Crippen molar-refractivity contribution in [3.8, 4) is 0 Å². The minimum Gasteiger partial charge on any atom is -0.370 e. The highest BCUT2D eigenvalue weighted by Crippen LogP contribution is 2.21.